The SMILES string of the molecule is CCN(CC1CCCN1)S(=O)(=O)c1cn[nH]c1. The molecular weight excluding hydrogens is 240 g/mol. The van der Waals surface area contributed by atoms with Crippen LogP contribution in [0.3, 0.4) is 0 Å². The van der Waals surface area contributed by atoms with Gasteiger partial charge in [0.05, 0.1) is 6.20 Å². The molecule has 1 saturated heterocycles. The number of hydrogen-bond acceptors (Lipinski definition) is 4. The Morgan fingerprint density at radius 2 is 2.41 bits per heavy atom. The van der Waals surface area contributed by atoms with Crippen LogP contribution in [0.15, 0.2) is 17.3 Å². The van der Waals surface area contributed by atoms with Crippen molar-refractivity contribution in [1.82, 2.24) is 19.8 Å². The first-order valence-corrected chi connectivity index (χ1v) is 7.31. The van der Waals surface area contributed by atoms with Gasteiger partial charge >= 0.3 is 0 Å². The molecule has 1 aromatic rings. The Morgan fingerprint density at radius 3 is 2.94 bits per heavy atom. The number of likely N-dealkylation sites (N-methyl/N-ethyl adjacent to an activating group) is 1. The molecule has 0 aliphatic carbocycles. The first-order chi connectivity index (χ1) is 8.14. The van der Waals surface area contributed by atoms with Crippen molar-refractivity contribution >= 4 is 10.0 Å². The first kappa shape index (κ1) is 12.5. The van der Waals surface area contributed by atoms with E-state index in [0.29, 0.717) is 13.1 Å². The van der Waals surface area contributed by atoms with Crippen LogP contribution < -0.4 is 5.32 Å². The van der Waals surface area contributed by atoms with Crippen LogP contribution in [-0.4, -0.2) is 48.6 Å². The molecule has 96 valence electrons. The van der Waals surface area contributed by atoms with Gasteiger partial charge in [0.15, 0.2) is 0 Å². The smallest absolute Gasteiger partial charge is 0.246 e. The van der Waals surface area contributed by atoms with Gasteiger partial charge in [0.25, 0.3) is 0 Å². The van der Waals surface area contributed by atoms with Crippen LogP contribution in [0.2, 0.25) is 0 Å². The highest BCUT2D eigenvalue weighted by molar-refractivity contribution is 7.89. The topological polar surface area (TPSA) is 78.1 Å². The van der Waals surface area contributed by atoms with E-state index >= 15 is 0 Å². The zero-order chi connectivity index (χ0) is 12.3. The van der Waals surface area contributed by atoms with Crippen LogP contribution in [-0.2, 0) is 10.0 Å². The molecule has 2 heterocycles. The lowest BCUT2D eigenvalue weighted by molar-refractivity contribution is 0.383. The summed E-state index contributed by atoms with van der Waals surface area (Å²) >= 11 is 0. The Kier molecular flexibility index (Phi) is 3.80. The molecule has 0 radical (unpaired) electrons. The summed E-state index contributed by atoms with van der Waals surface area (Å²) in [4.78, 5) is 0.234. The molecular formula is C10H18N4O2S. The van der Waals surface area contributed by atoms with Crippen molar-refractivity contribution in [2.45, 2.75) is 30.7 Å². The van der Waals surface area contributed by atoms with Gasteiger partial charge in [-0.25, -0.2) is 8.42 Å². The maximum absolute atomic E-state index is 12.3. The summed E-state index contributed by atoms with van der Waals surface area (Å²) in [6.07, 6.45) is 4.92. The van der Waals surface area contributed by atoms with Crippen molar-refractivity contribution in [3.63, 3.8) is 0 Å². The fourth-order valence-electron chi connectivity index (χ4n) is 2.08. The van der Waals surface area contributed by atoms with E-state index in [1.54, 1.807) is 0 Å². The summed E-state index contributed by atoms with van der Waals surface area (Å²) in [7, 11) is -3.40. The predicted octanol–water partition coefficient (Wildman–Crippen LogP) is 0.172. The number of sulfonamides is 1. The number of nitrogens with one attached hydrogen (secondary N) is 2. The summed E-state index contributed by atoms with van der Waals surface area (Å²) in [5, 5.41) is 9.54. The number of aromatic nitrogens is 2. The third-order valence-corrected chi connectivity index (χ3v) is 4.96. The van der Waals surface area contributed by atoms with Crippen molar-refractivity contribution in [3.8, 4) is 0 Å². The molecule has 0 saturated carbocycles. The molecule has 1 unspecified atom stereocenters. The van der Waals surface area contributed by atoms with Crippen molar-refractivity contribution < 1.29 is 8.42 Å². The quantitative estimate of drug-likeness (QED) is 0.789. The second-order valence-corrected chi connectivity index (χ2v) is 6.12. The van der Waals surface area contributed by atoms with E-state index in [1.165, 1.54) is 16.7 Å². The highest BCUT2D eigenvalue weighted by Gasteiger charge is 2.27. The summed E-state index contributed by atoms with van der Waals surface area (Å²) in [6.45, 7) is 3.84. The largest absolute Gasteiger partial charge is 0.313 e. The van der Waals surface area contributed by atoms with Crippen LogP contribution in [0, 0.1) is 0 Å². The van der Waals surface area contributed by atoms with Gasteiger partial charge in [-0.3, -0.25) is 5.10 Å². The molecule has 1 fully saturated rings. The Balaban J connectivity index is 2.12. The van der Waals surface area contributed by atoms with Gasteiger partial charge < -0.3 is 5.32 Å². The third-order valence-electron chi connectivity index (χ3n) is 3.05. The zero-order valence-corrected chi connectivity index (χ0v) is 10.7. The molecule has 17 heavy (non-hydrogen) atoms. The summed E-state index contributed by atoms with van der Waals surface area (Å²) in [6, 6.07) is 0.275. The van der Waals surface area contributed by atoms with E-state index in [2.05, 4.69) is 15.5 Å². The van der Waals surface area contributed by atoms with Crippen molar-refractivity contribution in [2.24, 2.45) is 0 Å². The molecule has 1 aliphatic rings. The molecule has 6 nitrogen and oxygen atoms in total. The second-order valence-electron chi connectivity index (χ2n) is 4.18. The lowest BCUT2D eigenvalue weighted by atomic mass is 10.2. The molecule has 0 bridgehead atoms. The van der Waals surface area contributed by atoms with Crippen molar-refractivity contribution in [1.29, 1.82) is 0 Å². The first-order valence-electron chi connectivity index (χ1n) is 5.87. The molecule has 0 aromatic carbocycles. The van der Waals surface area contributed by atoms with E-state index in [0.717, 1.165) is 19.4 Å². The zero-order valence-electron chi connectivity index (χ0n) is 9.89. The van der Waals surface area contributed by atoms with Gasteiger partial charge in [-0.05, 0) is 19.4 Å². The summed E-state index contributed by atoms with van der Waals surface area (Å²) in [5.74, 6) is 0. The van der Waals surface area contributed by atoms with Gasteiger partial charge in [0, 0.05) is 25.3 Å². The van der Waals surface area contributed by atoms with Gasteiger partial charge in [-0.15, -0.1) is 0 Å². The van der Waals surface area contributed by atoms with Gasteiger partial charge in [0.2, 0.25) is 10.0 Å². The van der Waals surface area contributed by atoms with Crippen LogP contribution in [0.1, 0.15) is 19.8 Å². The molecule has 0 spiro atoms. The predicted molar refractivity (Wildman–Crippen MR) is 64.0 cm³/mol. The minimum atomic E-state index is -3.40. The maximum Gasteiger partial charge on any atom is 0.246 e. The molecule has 1 aliphatic heterocycles. The van der Waals surface area contributed by atoms with Crippen molar-refractivity contribution in [2.75, 3.05) is 19.6 Å². The monoisotopic (exact) mass is 258 g/mol. The molecule has 7 heteroatoms. The number of nitrogens with zero attached hydrogens (tertiary/aromatic N) is 2. The van der Waals surface area contributed by atoms with Crippen LogP contribution in [0.5, 0.6) is 0 Å². The number of rotatable bonds is 5. The molecule has 2 rings (SSSR count). The summed E-state index contributed by atoms with van der Waals surface area (Å²) in [5.41, 5.74) is 0. The van der Waals surface area contributed by atoms with Gasteiger partial charge in [0.1, 0.15) is 4.90 Å². The molecule has 2 N–H and O–H groups in total. The fourth-order valence-corrected chi connectivity index (χ4v) is 3.49. The average molecular weight is 258 g/mol. The Morgan fingerprint density at radius 1 is 1.59 bits per heavy atom. The van der Waals surface area contributed by atoms with E-state index in [4.69, 9.17) is 0 Å². The van der Waals surface area contributed by atoms with Crippen LogP contribution >= 0.6 is 0 Å². The number of aromatic amines is 1. The third kappa shape index (κ3) is 2.67. The highest BCUT2D eigenvalue weighted by atomic mass is 32.2. The number of hydrogen-bond donors (Lipinski definition) is 2. The Labute approximate surface area is 101 Å². The fraction of sp³-hybridized carbons (Fsp3) is 0.700. The van der Waals surface area contributed by atoms with E-state index in [1.807, 2.05) is 6.92 Å². The molecule has 1 aromatic heterocycles. The van der Waals surface area contributed by atoms with Gasteiger partial charge in [-0.1, -0.05) is 6.92 Å². The minimum absolute atomic E-state index is 0.234. The minimum Gasteiger partial charge on any atom is -0.313 e. The lowest BCUT2D eigenvalue weighted by Crippen LogP contribution is -2.40. The highest BCUT2D eigenvalue weighted by Crippen LogP contribution is 2.16. The maximum atomic E-state index is 12.3. The Bertz CT molecular complexity index is 437. The second kappa shape index (κ2) is 5.16. The number of H-pyrrole nitrogens is 1. The van der Waals surface area contributed by atoms with Crippen molar-refractivity contribution in [3.05, 3.63) is 12.4 Å². The standard InChI is InChI=1S/C10H18N4O2S/c1-2-14(8-9-4-3-5-11-9)17(15,16)10-6-12-13-7-10/h6-7,9,11H,2-5,8H2,1H3,(H,12,13). The lowest BCUT2D eigenvalue weighted by Gasteiger charge is -2.23. The molecule has 1 atom stereocenters. The van der Waals surface area contributed by atoms with E-state index in [9.17, 15) is 8.42 Å². The normalized spacial score (nSPS) is 21.2. The van der Waals surface area contributed by atoms with Crippen LogP contribution in [0.4, 0.5) is 0 Å². The molecule has 0 amide bonds. The van der Waals surface area contributed by atoms with Crippen LogP contribution in [0.25, 0.3) is 0 Å². The van der Waals surface area contributed by atoms with E-state index in [-0.39, 0.29) is 10.9 Å². The average Bonchev–Trinajstić information content (AvgIpc) is 2.98. The Hall–Kier alpha value is -0.920. The summed E-state index contributed by atoms with van der Waals surface area (Å²) < 4.78 is 26.0. The van der Waals surface area contributed by atoms with Gasteiger partial charge in [-0.2, -0.15) is 9.40 Å². The van der Waals surface area contributed by atoms with E-state index < -0.39 is 10.0 Å².